The highest BCUT2D eigenvalue weighted by Gasteiger charge is 2.41. The molecule has 1 aliphatic rings. The van der Waals surface area contributed by atoms with Gasteiger partial charge in [0.05, 0.1) is 14.7 Å². The Hall–Kier alpha value is -0.813. The molecule has 0 fully saturated rings. The summed E-state index contributed by atoms with van der Waals surface area (Å²) in [6.45, 7) is 9.66. The van der Waals surface area contributed by atoms with E-state index in [9.17, 15) is 4.79 Å². The van der Waals surface area contributed by atoms with E-state index in [1.807, 2.05) is 0 Å². The molecule has 1 atom stereocenters. The number of hydrogen-bond donors (Lipinski definition) is 2. The minimum absolute atomic E-state index is 0.0596. The quantitative estimate of drug-likeness (QED) is 0.720. The third-order valence-corrected chi connectivity index (χ3v) is 5.14. The number of aliphatic hydroxyl groups excluding tert-OH is 1. The van der Waals surface area contributed by atoms with Crippen LogP contribution in [-0.4, -0.2) is 39.0 Å². The zero-order valence-corrected chi connectivity index (χ0v) is 11.5. The molecular weight excluding hydrogens is 222 g/mol. The van der Waals surface area contributed by atoms with E-state index in [-0.39, 0.29) is 13.2 Å². The highest BCUT2D eigenvalue weighted by atomic mass is 28.3. The number of amides is 1. The largest absolute Gasteiger partial charge is 0.449 e. The standard InChI is InChI=1S/C11H21NO3Si/c1-8-9(10(8)16(2,3)4)7-15-11(14)12-5-6-13/h9,13H,5-7H2,1-4H3,(H,12,14). The Kier molecular flexibility index (Phi) is 4.15. The first-order chi connectivity index (χ1) is 7.38. The van der Waals surface area contributed by atoms with Crippen molar-refractivity contribution in [2.45, 2.75) is 26.6 Å². The van der Waals surface area contributed by atoms with Crippen LogP contribution in [-0.2, 0) is 4.74 Å². The summed E-state index contributed by atoms with van der Waals surface area (Å²) in [7, 11) is -1.22. The van der Waals surface area contributed by atoms with Crippen molar-refractivity contribution in [3.63, 3.8) is 0 Å². The van der Waals surface area contributed by atoms with Gasteiger partial charge in [0.1, 0.15) is 6.61 Å². The van der Waals surface area contributed by atoms with Crippen LogP contribution in [0.5, 0.6) is 0 Å². The monoisotopic (exact) mass is 243 g/mol. The van der Waals surface area contributed by atoms with E-state index in [4.69, 9.17) is 9.84 Å². The third-order valence-electron chi connectivity index (χ3n) is 2.78. The van der Waals surface area contributed by atoms with Crippen molar-refractivity contribution >= 4 is 14.2 Å². The Morgan fingerprint density at radius 1 is 1.50 bits per heavy atom. The Morgan fingerprint density at radius 3 is 2.56 bits per heavy atom. The Bertz CT molecular complexity index is 307. The molecule has 0 aromatic rings. The van der Waals surface area contributed by atoms with Crippen molar-refractivity contribution in [3.05, 3.63) is 10.8 Å². The Labute approximate surface area is 97.7 Å². The molecule has 1 rings (SSSR count). The van der Waals surface area contributed by atoms with Gasteiger partial charge in [0.2, 0.25) is 0 Å². The highest BCUT2D eigenvalue weighted by molar-refractivity contribution is 6.84. The van der Waals surface area contributed by atoms with Crippen LogP contribution in [0.2, 0.25) is 19.6 Å². The van der Waals surface area contributed by atoms with Crippen LogP contribution >= 0.6 is 0 Å². The SMILES string of the molecule is CC1=C([Si](C)(C)C)C1COC(=O)NCCO. The second kappa shape index (κ2) is 5.01. The highest BCUT2D eigenvalue weighted by Crippen LogP contribution is 2.44. The minimum atomic E-state index is -1.22. The van der Waals surface area contributed by atoms with E-state index >= 15 is 0 Å². The van der Waals surface area contributed by atoms with Crippen LogP contribution < -0.4 is 5.32 Å². The maximum absolute atomic E-state index is 11.1. The molecule has 1 amide bonds. The van der Waals surface area contributed by atoms with Crippen molar-refractivity contribution in [2.24, 2.45) is 5.92 Å². The summed E-state index contributed by atoms with van der Waals surface area (Å²) < 4.78 is 5.08. The molecule has 0 bridgehead atoms. The van der Waals surface area contributed by atoms with Gasteiger partial charge in [-0.1, -0.05) is 30.4 Å². The summed E-state index contributed by atoms with van der Waals surface area (Å²) in [6.07, 6.45) is -0.441. The molecule has 1 unspecified atom stereocenters. The first-order valence-electron chi connectivity index (χ1n) is 5.60. The smallest absolute Gasteiger partial charge is 0.407 e. The van der Waals surface area contributed by atoms with Crippen LogP contribution in [0.15, 0.2) is 10.8 Å². The van der Waals surface area contributed by atoms with E-state index in [1.54, 1.807) is 0 Å². The molecule has 0 aliphatic heterocycles. The Morgan fingerprint density at radius 2 is 2.12 bits per heavy atom. The van der Waals surface area contributed by atoms with Crippen LogP contribution in [0.4, 0.5) is 4.79 Å². The molecule has 16 heavy (non-hydrogen) atoms. The van der Waals surface area contributed by atoms with Crippen LogP contribution in [0.3, 0.4) is 0 Å². The number of ether oxygens (including phenoxy) is 1. The summed E-state index contributed by atoms with van der Waals surface area (Å²) in [5.74, 6) is 0.381. The summed E-state index contributed by atoms with van der Waals surface area (Å²) in [6, 6.07) is 0. The molecule has 0 saturated carbocycles. The van der Waals surface area contributed by atoms with E-state index in [2.05, 4.69) is 31.9 Å². The third kappa shape index (κ3) is 3.35. The average molecular weight is 243 g/mol. The maximum atomic E-state index is 11.1. The molecule has 0 spiro atoms. The minimum Gasteiger partial charge on any atom is -0.449 e. The van der Waals surface area contributed by atoms with E-state index in [0.29, 0.717) is 12.5 Å². The van der Waals surface area contributed by atoms with Crippen LogP contribution in [0.1, 0.15) is 6.92 Å². The van der Waals surface area contributed by atoms with Gasteiger partial charge in [-0.25, -0.2) is 4.79 Å². The number of carbonyl (C=O) groups is 1. The number of alkyl carbamates (subject to hydrolysis) is 1. The number of nitrogens with one attached hydrogen (secondary N) is 1. The molecule has 2 N–H and O–H groups in total. The van der Waals surface area contributed by atoms with E-state index in [1.165, 1.54) is 10.8 Å². The lowest BCUT2D eigenvalue weighted by molar-refractivity contribution is 0.140. The van der Waals surface area contributed by atoms with Gasteiger partial charge in [-0.2, -0.15) is 0 Å². The summed E-state index contributed by atoms with van der Waals surface area (Å²) in [5, 5.41) is 12.5. The number of carbonyl (C=O) groups excluding carboxylic acids is 1. The van der Waals surface area contributed by atoms with E-state index in [0.717, 1.165) is 0 Å². The van der Waals surface area contributed by atoms with E-state index < -0.39 is 14.2 Å². The predicted octanol–water partition coefficient (Wildman–Crippen LogP) is 1.53. The van der Waals surface area contributed by atoms with Crippen molar-refractivity contribution in [3.8, 4) is 0 Å². The van der Waals surface area contributed by atoms with Crippen molar-refractivity contribution in [2.75, 3.05) is 19.8 Å². The maximum Gasteiger partial charge on any atom is 0.407 e. The predicted molar refractivity (Wildman–Crippen MR) is 66.0 cm³/mol. The van der Waals surface area contributed by atoms with Gasteiger partial charge < -0.3 is 15.2 Å². The first-order valence-corrected chi connectivity index (χ1v) is 9.10. The Balaban J connectivity index is 2.25. The van der Waals surface area contributed by atoms with Crippen molar-refractivity contribution in [1.29, 1.82) is 0 Å². The molecule has 4 nitrogen and oxygen atoms in total. The van der Waals surface area contributed by atoms with Crippen molar-refractivity contribution < 1.29 is 14.6 Å². The second-order valence-electron chi connectivity index (χ2n) is 5.15. The van der Waals surface area contributed by atoms with Crippen molar-refractivity contribution in [1.82, 2.24) is 5.32 Å². The number of aliphatic hydroxyl groups is 1. The zero-order valence-electron chi connectivity index (χ0n) is 10.5. The number of rotatable bonds is 5. The van der Waals surface area contributed by atoms with Gasteiger partial charge in [0.25, 0.3) is 0 Å². The van der Waals surface area contributed by atoms with Crippen LogP contribution in [0, 0.1) is 5.92 Å². The van der Waals surface area contributed by atoms with Gasteiger partial charge >= 0.3 is 6.09 Å². The van der Waals surface area contributed by atoms with Gasteiger partial charge in [-0.05, 0) is 6.92 Å². The molecular formula is C11H21NO3Si. The summed E-state index contributed by atoms with van der Waals surface area (Å²) in [4.78, 5) is 11.1. The number of hydrogen-bond acceptors (Lipinski definition) is 3. The van der Waals surface area contributed by atoms with Gasteiger partial charge in [-0.3, -0.25) is 0 Å². The normalized spacial score (nSPS) is 19.7. The molecule has 0 saturated heterocycles. The molecule has 1 aliphatic carbocycles. The summed E-state index contributed by atoms with van der Waals surface area (Å²) in [5.41, 5.74) is 1.40. The van der Waals surface area contributed by atoms with Gasteiger partial charge in [-0.15, -0.1) is 0 Å². The molecule has 0 aromatic heterocycles. The average Bonchev–Trinajstić information content (AvgIpc) is 2.82. The van der Waals surface area contributed by atoms with Gasteiger partial charge in [0.15, 0.2) is 0 Å². The summed E-state index contributed by atoms with van der Waals surface area (Å²) >= 11 is 0. The molecule has 0 heterocycles. The second-order valence-corrected chi connectivity index (χ2v) is 10.2. The van der Waals surface area contributed by atoms with Crippen LogP contribution in [0.25, 0.3) is 0 Å². The topological polar surface area (TPSA) is 58.6 Å². The fourth-order valence-corrected chi connectivity index (χ4v) is 4.71. The molecule has 0 aromatic carbocycles. The lowest BCUT2D eigenvalue weighted by Gasteiger charge is -2.13. The fourth-order valence-electron chi connectivity index (χ4n) is 2.08. The van der Waals surface area contributed by atoms with Gasteiger partial charge in [0, 0.05) is 12.5 Å². The zero-order chi connectivity index (χ0) is 12.3. The fraction of sp³-hybridized carbons (Fsp3) is 0.727. The lowest BCUT2D eigenvalue weighted by atomic mass is 10.3. The molecule has 92 valence electrons. The lowest BCUT2D eigenvalue weighted by Crippen LogP contribution is -2.28. The molecule has 5 heteroatoms. The molecule has 0 radical (unpaired) electrons. The first kappa shape index (κ1) is 13.3.